The minimum atomic E-state index is -4.77. The van der Waals surface area contributed by atoms with Crippen molar-refractivity contribution in [3.8, 4) is 0 Å². The molecule has 0 aliphatic rings. The first-order valence-corrected chi connectivity index (χ1v) is 30.3. The largest absolute Gasteiger partial charge is 0.472 e. The molecular formula is C60H105O11P. The van der Waals surface area contributed by atoms with Gasteiger partial charge < -0.3 is 24.2 Å². The Kier molecular flexibility index (Phi) is 51.9. The van der Waals surface area contributed by atoms with Crippen molar-refractivity contribution < 1.29 is 52.2 Å². The average molecular weight is 1030 g/mol. The van der Waals surface area contributed by atoms with E-state index in [1.165, 1.54) is 96.3 Å². The molecule has 3 atom stereocenters. The van der Waals surface area contributed by atoms with Crippen molar-refractivity contribution in [1.29, 1.82) is 0 Å². The fourth-order valence-electron chi connectivity index (χ4n) is 7.76. The molecule has 0 heterocycles. The van der Waals surface area contributed by atoms with Gasteiger partial charge in [-0.05, 0) is 70.6 Å². The zero-order chi connectivity index (χ0) is 52.7. The zero-order valence-electron chi connectivity index (χ0n) is 45.9. The van der Waals surface area contributed by atoms with Gasteiger partial charge in [-0.2, -0.15) is 0 Å². The molecule has 0 spiro atoms. The molecule has 0 aromatic heterocycles. The van der Waals surface area contributed by atoms with Crippen LogP contribution in [-0.2, 0) is 42.2 Å². The van der Waals surface area contributed by atoms with Gasteiger partial charge in [0.15, 0.2) is 6.10 Å². The first-order valence-electron chi connectivity index (χ1n) is 28.8. The van der Waals surface area contributed by atoms with Gasteiger partial charge in [-0.3, -0.25) is 23.4 Å². The Balaban J connectivity index is 4.73. The summed E-state index contributed by atoms with van der Waals surface area (Å²) in [6, 6.07) is 0. The van der Waals surface area contributed by atoms with Crippen LogP contribution in [0.1, 0.15) is 252 Å². The fraction of sp³-hybridized carbons (Fsp3) is 0.750. The van der Waals surface area contributed by atoms with Crippen molar-refractivity contribution in [2.75, 3.05) is 26.4 Å². The quantitative estimate of drug-likeness (QED) is 0.0197. The first kappa shape index (κ1) is 68.9. The van der Waals surface area contributed by atoms with E-state index in [0.717, 1.165) is 96.3 Å². The summed E-state index contributed by atoms with van der Waals surface area (Å²) in [6.45, 7) is 4.38. The van der Waals surface area contributed by atoms with Gasteiger partial charge in [-0.15, -0.1) is 0 Å². The van der Waals surface area contributed by atoms with E-state index in [1.54, 1.807) is 0 Å². The van der Waals surface area contributed by atoms with Gasteiger partial charge in [-0.1, -0.05) is 235 Å². The van der Waals surface area contributed by atoms with Gasteiger partial charge in [0, 0.05) is 19.3 Å². The molecule has 72 heavy (non-hydrogen) atoms. The first-order chi connectivity index (χ1) is 35.2. The lowest BCUT2D eigenvalue weighted by atomic mass is 10.0. The summed E-state index contributed by atoms with van der Waals surface area (Å²) in [6.07, 6.45) is 60.3. The van der Waals surface area contributed by atoms with Crippen LogP contribution in [-0.4, -0.2) is 66.5 Å². The van der Waals surface area contributed by atoms with Crippen LogP contribution in [0.25, 0.3) is 0 Å². The van der Waals surface area contributed by atoms with Crippen LogP contribution in [0.15, 0.2) is 72.9 Å². The fourth-order valence-corrected chi connectivity index (χ4v) is 8.55. The summed E-state index contributed by atoms with van der Waals surface area (Å²) in [5.41, 5.74) is 0. The molecule has 3 unspecified atom stereocenters. The number of aliphatic hydroxyl groups excluding tert-OH is 1. The molecule has 0 aliphatic carbocycles. The average Bonchev–Trinajstić information content (AvgIpc) is 3.37. The monoisotopic (exact) mass is 1030 g/mol. The topological polar surface area (TPSA) is 155 Å². The van der Waals surface area contributed by atoms with Gasteiger partial charge >= 0.3 is 25.7 Å². The third-order valence-electron chi connectivity index (χ3n) is 12.1. The molecule has 0 aromatic carbocycles. The maximum Gasteiger partial charge on any atom is 0.472 e. The Bertz CT molecular complexity index is 1490. The van der Waals surface area contributed by atoms with Crippen molar-refractivity contribution in [3.05, 3.63) is 72.9 Å². The third-order valence-corrected chi connectivity index (χ3v) is 13.1. The van der Waals surface area contributed by atoms with Gasteiger partial charge in [-0.25, -0.2) is 4.57 Å². The lowest BCUT2D eigenvalue weighted by molar-refractivity contribution is -0.161. The lowest BCUT2D eigenvalue weighted by Crippen LogP contribution is -2.30. The van der Waals surface area contributed by atoms with Crippen molar-refractivity contribution in [2.24, 2.45) is 0 Å². The molecular weight excluding hydrogens is 928 g/mol. The van der Waals surface area contributed by atoms with Crippen LogP contribution in [0, 0.1) is 0 Å². The van der Waals surface area contributed by atoms with E-state index in [9.17, 15) is 28.9 Å². The Hall–Kier alpha value is -3.08. The summed E-state index contributed by atoms with van der Waals surface area (Å²) in [7, 11) is -4.77. The van der Waals surface area contributed by atoms with Gasteiger partial charge in [0.25, 0.3) is 0 Å². The van der Waals surface area contributed by atoms with E-state index < -0.39 is 57.8 Å². The predicted octanol–water partition coefficient (Wildman–Crippen LogP) is 16.9. The van der Waals surface area contributed by atoms with Crippen LogP contribution in [0.2, 0.25) is 0 Å². The number of hydrogen-bond acceptors (Lipinski definition) is 10. The number of allylic oxidation sites excluding steroid dienone is 12. The highest BCUT2D eigenvalue weighted by Gasteiger charge is 2.28. The van der Waals surface area contributed by atoms with Gasteiger partial charge in [0.05, 0.1) is 19.8 Å². The molecule has 12 heteroatoms. The molecule has 0 amide bonds. The summed E-state index contributed by atoms with van der Waals surface area (Å²) >= 11 is 0. The molecule has 416 valence electrons. The number of aliphatic hydroxyl groups is 1. The number of phosphoric ester groups is 1. The number of carbonyl (C=O) groups excluding carboxylic acids is 3. The Morgan fingerprint density at radius 2 is 0.778 bits per heavy atom. The van der Waals surface area contributed by atoms with E-state index in [0.29, 0.717) is 19.3 Å². The molecule has 0 rings (SSSR count). The number of ether oxygens (including phenoxy) is 3. The number of unbranched alkanes of at least 4 members (excludes halogenated alkanes) is 24. The Labute approximate surface area is 439 Å². The summed E-state index contributed by atoms with van der Waals surface area (Å²) in [5, 5.41) is 9.79. The van der Waals surface area contributed by atoms with E-state index >= 15 is 0 Å². The number of rotatable bonds is 53. The van der Waals surface area contributed by atoms with Crippen LogP contribution >= 0.6 is 7.82 Å². The molecule has 11 nitrogen and oxygen atoms in total. The van der Waals surface area contributed by atoms with E-state index in [1.807, 2.05) is 12.2 Å². The molecule has 0 radical (unpaired) electrons. The van der Waals surface area contributed by atoms with Crippen molar-refractivity contribution in [2.45, 2.75) is 264 Å². The Morgan fingerprint density at radius 1 is 0.403 bits per heavy atom. The molecule has 0 saturated heterocycles. The van der Waals surface area contributed by atoms with Gasteiger partial charge in [0.2, 0.25) is 0 Å². The minimum absolute atomic E-state index is 0.0456. The van der Waals surface area contributed by atoms with E-state index in [-0.39, 0.29) is 25.9 Å². The van der Waals surface area contributed by atoms with E-state index in [2.05, 4.69) is 81.5 Å². The minimum Gasteiger partial charge on any atom is -0.462 e. The van der Waals surface area contributed by atoms with Crippen molar-refractivity contribution in [1.82, 2.24) is 0 Å². The highest BCUT2D eigenvalue weighted by atomic mass is 31.2. The molecule has 0 aliphatic heterocycles. The highest BCUT2D eigenvalue weighted by Crippen LogP contribution is 2.43. The number of phosphoric acid groups is 1. The van der Waals surface area contributed by atoms with Gasteiger partial charge in [0.1, 0.15) is 12.7 Å². The number of carbonyl (C=O) groups is 3. The lowest BCUT2D eigenvalue weighted by Gasteiger charge is -2.21. The smallest absolute Gasteiger partial charge is 0.462 e. The molecule has 0 saturated carbocycles. The molecule has 0 fully saturated rings. The standard InChI is InChI=1S/C60H105O11P/c1-4-7-10-13-16-19-22-25-26-27-28-29-30-33-34-37-40-43-46-49-58(62)67-53-57(71-60(64)51-48-45-42-39-36-32-24-21-18-15-12-9-6-3)55-69-72(65,66)68-54-56(52-61)70-59(63)50-47-44-41-38-35-31-23-20-17-14-11-8-5-2/h9,11-12,14,18,20-21,23,32,36,42,45,56-57,61H,4-8,10,13,15-17,19,22,24-31,33-35,37-41,43-44,46-55H2,1-3H3,(H,65,66)/b12-9-,14-11-,21-18-,23-20-,36-32-,45-42-. The van der Waals surface area contributed by atoms with Crippen molar-refractivity contribution >= 4 is 25.7 Å². The Morgan fingerprint density at radius 3 is 1.25 bits per heavy atom. The summed E-state index contributed by atoms with van der Waals surface area (Å²) in [4.78, 5) is 48.4. The molecule has 0 bridgehead atoms. The maximum atomic E-state index is 12.9. The van der Waals surface area contributed by atoms with Crippen LogP contribution in [0.4, 0.5) is 0 Å². The maximum absolute atomic E-state index is 12.9. The second-order valence-corrected chi connectivity index (χ2v) is 20.5. The van der Waals surface area contributed by atoms with Crippen molar-refractivity contribution in [3.63, 3.8) is 0 Å². The molecule has 0 aromatic rings. The second-order valence-electron chi connectivity index (χ2n) is 19.1. The normalized spacial score (nSPS) is 13.9. The molecule has 2 N–H and O–H groups in total. The number of esters is 3. The number of hydrogen-bond donors (Lipinski definition) is 2. The SMILES string of the molecule is CC/C=C\C/C=C\C/C=C\C/C=C\CCC(=O)OC(COC(=O)CCCCCCCCCCCCCCCCCCCCC)COP(=O)(O)OCC(CO)OC(=O)CCCCCCC/C=C\C/C=C\CCC. The highest BCUT2D eigenvalue weighted by molar-refractivity contribution is 7.47. The second kappa shape index (κ2) is 54.2. The third kappa shape index (κ3) is 51.8. The zero-order valence-corrected chi connectivity index (χ0v) is 46.8. The van der Waals surface area contributed by atoms with Crippen LogP contribution in [0.3, 0.4) is 0 Å². The summed E-state index contributed by atoms with van der Waals surface area (Å²) in [5.74, 6) is -1.57. The predicted molar refractivity (Wildman–Crippen MR) is 298 cm³/mol. The van der Waals surface area contributed by atoms with E-state index in [4.69, 9.17) is 23.3 Å². The summed E-state index contributed by atoms with van der Waals surface area (Å²) < 4.78 is 39.4. The van der Waals surface area contributed by atoms with Crippen LogP contribution < -0.4 is 0 Å². The van der Waals surface area contributed by atoms with Crippen LogP contribution in [0.5, 0.6) is 0 Å².